The molecule has 0 aliphatic carbocycles. The maximum atomic E-state index is 12.8. The minimum absolute atomic E-state index is 0.0424. The molecule has 3 heterocycles. The SMILES string of the molecule is NC(=O)C1CCN(C(=O)C2CCN(c3nc4ccccc4o3)CC2)CC1. The molecule has 2 aliphatic heterocycles. The summed E-state index contributed by atoms with van der Waals surface area (Å²) in [5.41, 5.74) is 7.02. The predicted molar refractivity (Wildman–Crippen MR) is 97.4 cm³/mol. The van der Waals surface area contributed by atoms with Gasteiger partial charge in [-0.1, -0.05) is 12.1 Å². The van der Waals surface area contributed by atoms with Gasteiger partial charge in [0.2, 0.25) is 11.8 Å². The molecule has 7 nitrogen and oxygen atoms in total. The number of rotatable bonds is 3. The second-order valence-corrected chi connectivity index (χ2v) is 7.23. The summed E-state index contributed by atoms with van der Waals surface area (Å²) in [5.74, 6) is -0.0744. The number of likely N-dealkylation sites (tertiary alicyclic amines) is 1. The van der Waals surface area contributed by atoms with Gasteiger partial charge in [0.1, 0.15) is 5.52 Å². The third-order valence-electron chi connectivity index (χ3n) is 5.61. The molecule has 0 spiro atoms. The molecule has 2 saturated heterocycles. The Morgan fingerprint density at radius 2 is 1.65 bits per heavy atom. The van der Waals surface area contributed by atoms with E-state index in [1.165, 1.54) is 0 Å². The number of para-hydroxylation sites is 2. The Labute approximate surface area is 152 Å². The van der Waals surface area contributed by atoms with Gasteiger partial charge in [0.05, 0.1) is 0 Å². The molecule has 1 aromatic carbocycles. The van der Waals surface area contributed by atoms with Gasteiger partial charge in [0, 0.05) is 38.0 Å². The van der Waals surface area contributed by atoms with Gasteiger partial charge in [-0.15, -0.1) is 0 Å². The van der Waals surface area contributed by atoms with Gasteiger partial charge in [-0.3, -0.25) is 9.59 Å². The van der Waals surface area contributed by atoms with E-state index < -0.39 is 0 Å². The highest BCUT2D eigenvalue weighted by atomic mass is 16.4. The van der Waals surface area contributed by atoms with Crippen molar-refractivity contribution in [2.24, 2.45) is 17.6 Å². The summed E-state index contributed by atoms with van der Waals surface area (Å²) in [6, 6.07) is 8.37. The van der Waals surface area contributed by atoms with Crippen molar-refractivity contribution in [3.05, 3.63) is 24.3 Å². The molecule has 7 heteroatoms. The summed E-state index contributed by atoms with van der Waals surface area (Å²) in [5, 5.41) is 0. The fraction of sp³-hybridized carbons (Fsp3) is 0.526. The average Bonchev–Trinajstić information content (AvgIpc) is 3.12. The fourth-order valence-corrected chi connectivity index (χ4v) is 3.96. The first-order valence-corrected chi connectivity index (χ1v) is 9.30. The summed E-state index contributed by atoms with van der Waals surface area (Å²) in [7, 11) is 0. The van der Waals surface area contributed by atoms with E-state index in [2.05, 4.69) is 9.88 Å². The zero-order valence-electron chi connectivity index (χ0n) is 14.8. The summed E-state index contributed by atoms with van der Waals surface area (Å²) < 4.78 is 5.83. The van der Waals surface area contributed by atoms with Gasteiger partial charge >= 0.3 is 0 Å². The number of nitrogens with zero attached hydrogens (tertiary/aromatic N) is 3. The number of nitrogens with two attached hydrogens (primary N) is 1. The number of primary amides is 1. The second-order valence-electron chi connectivity index (χ2n) is 7.23. The highest BCUT2D eigenvalue weighted by molar-refractivity contribution is 5.80. The Balaban J connectivity index is 1.33. The van der Waals surface area contributed by atoms with Crippen LogP contribution in [-0.2, 0) is 9.59 Å². The number of anilines is 1. The molecule has 2 aliphatic rings. The summed E-state index contributed by atoms with van der Waals surface area (Å²) >= 11 is 0. The number of piperidine rings is 2. The van der Waals surface area contributed by atoms with Crippen molar-refractivity contribution >= 4 is 28.9 Å². The lowest BCUT2D eigenvalue weighted by Crippen LogP contribution is -2.46. The highest BCUT2D eigenvalue weighted by Gasteiger charge is 2.32. The number of benzene rings is 1. The van der Waals surface area contributed by atoms with Gasteiger partial charge < -0.3 is 20.0 Å². The zero-order chi connectivity index (χ0) is 18.1. The summed E-state index contributed by atoms with van der Waals surface area (Å²) in [4.78, 5) is 32.6. The summed E-state index contributed by atoms with van der Waals surface area (Å²) in [6.07, 6.45) is 2.96. The van der Waals surface area contributed by atoms with Crippen molar-refractivity contribution in [2.75, 3.05) is 31.1 Å². The molecular weight excluding hydrogens is 332 g/mol. The smallest absolute Gasteiger partial charge is 0.298 e. The van der Waals surface area contributed by atoms with Crippen LogP contribution >= 0.6 is 0 Å². The fourth-order valence-electron chi connectivity index (χ4n) is 3.96. The Hall–Kier alpha value is -2.57. The maximum absolute atomic E-state index is 12.8. The van der Waals surface area contributed by atoms with Crippen LogP contribution in [0, 0.1) is 11.8 Å². The highest BCUT2D eigenvalue weighted by Crippen LogP contribution is 2.28. The van der Waals surface area contributed by atoms with Crippen molar-refractivity contribution in [2.45, 2.75) is 25.7 Å². The molecule has 0 bridgehead atoms. The van der Waals surface area contributed by atoms with Crippen LogP contribution in [0.1, 0.15) is 25.7 Å². The lowest BCUT2D eigenvalue weighted by molar-refractivity contribution is -0.139. The molecule has 0 saturated carbocycles. The Morgan fingerprint density at radius 3 is 2.31 bits per heavy atom. The number of aromatic nitrogens is 1. The molecule has 26 heavy (non-hydrogen) atoms. The Morgan fingerprint density at radius 1 is 1.00 bits per heavy atom. The van der Waals surface area contributed by atoms with Gasteiger partial charge in [0.15, 0.2) is 5.58 Å². The summed E-state index contributed by atoms with van der Waals surface area (Å²) in [6.45, 7) is 2.80. The first-order valence-electron chi connectivity index (χ1n) is 9.30. The van der Waals surface area contributed by atoms with Crippen LogP contribution in [0.25, 0.3) is 11.1 Å². The number of hydrogen-bond donors (Lipinski definition) is 1. The number of oxazole rings is 1. The number of amides is 2. The van der Waals surface area contributed by atoms with E-state index in [4.69, 9.17) is 10.2 Å². The predicted octanol–water partition coefficient (Wildman–Crippen LogP) is 1.77. The van der Waals surface area contributed by atoms with E-state index in [9.17, 15) is 9.59 Å². The molecule has 0 radical (unpaired) electrons. The molecule has 2 fully saturated rings. The van der Waals surface area contributed by atoms with E-state index in [1.54, 1.807) is 0 Å². The van der Waals surface area contributed by atoms with Crippen molar-refractivity contribution in [3.63, 3.8) is 0 Å². The molecule has 2 N–H and O–H groups in total. The maximum Gasteiger partial charge on any atom is 0.298 e. The van der Waals surface area contributed by atoms with Crippen LogP contribution in [0.3, 0.4) is 0 Å². The molecule has 0 atom stereocenters. The number of fused-ring (bicyclic) bond motifs is 1. The van der Waals surface area contributed by atoms with Crippen LogP contribution in [0.5, 0.6) is 0 Å². The topological polar surface area (TPSA) is 92.7 Å². The lowest BCUT2D eigenvalue weighted by Gasteiger charge is -2.36. The van der Waals surface area contributed by atoms with Gasteiger partial charge in [-0.2, -0.15) is 4.98 Å². The first kappa shape index (κ1) is 16.9. The molecular formula is C19H24N4O3. The third-order valence-corrected chi connectivity index (χ3v) is 5.61. The average molecular weight is 356 g/mol. The molecule has 0 unspecified atom stereocenters. The van der Waals surface area contributed by atoms with Crippen LogP contribution < -0.4 is 10.6 Å². The minimum atomic E-state index is -0.247. The number of carbonyl (C=O) groups is 2. The monoisotopic (exact) mass is 356 g/mol. The molecule has 4 rings (SSSR count). The molecule has 2 amide bonds. The molecule has 138 valence electrons. The minimum Gasteiger partial charge on any atom is -0.423 e. The van der Waals surface area contributed by atoms with Gasteiger partial charge in [-0.25, -0.2) is 0 Å². The van der Waals surface area contributed by atoms with Gasteiger partial charge in [0.25, 0.3) is 6.01 Å². The first-order chi connectivity index (χ1) is 12.6. The quantitative estimate of drug-likeness (QED) is 0.905. The Bertz CT molecular complexity index is 769. The van der Waals surface area contributed by atoms with Crippen LogP contribution in [0.15, 0.2) is 28.7 Å². The van der Waals surface area contributed by atoms with E-state index in [-0.39, 0.29) is 23.7 Å². The van der Waals surface area contributed by atoms with E-state index >= 15 is 0 Å². The lowest BCUT2D eigenvalue weighted by atomic mass is 9.92. The molecule has 2 aromatic rings. The van der Waals surface area contributed by atoms with Crippen molar-refractivity contribution < 1.29 is 14.0 Å². The number of carbonyl (C=O) groups excluding carboxylic acids is 2. The van der Waals surface area contributed by atoms with Crippen molar-refractivity contribution in [1.82, 2.24) is 9.88 Å². The Kier molecular flexibility index (Phi) is 4.53. The normalized spacial score (nSPS) is 19.8. The standard InChI is InChI=1S/C19H24N4O3/c20-17(24)13-5-9-22(10-6-13)18(25)14-7-11-23(12-8-14)19-21-15-3-1-2-4-16(15)26-19/h1-4,13-14H,5-12H2,(H2,20,24). The van der Waals surface area contributed by atoms with Gasteiger partial charge in [-0.05, 0) is 37.8 Å². The van der Waals surface area contributed by atoms with Crippen LogP contribution in [0.4, 0.5) is 6.01 Å². The van der Waals surface area contributed by atoms with Crippen LogP contribution in [0.2, 0.25) is 0 Å². The van der Waals surface area contributed by atoms with Crippen molar-refractivity contribution in [1.29, 1.82) is 0 Å². The largest absolute Gasteiger partial charge is 0.423 e. The van der Waals surface area contributed by atoms with E-state index in [1.807, 2.05) is 29.2 Å². The second kappa shape index (κ2) is 6.97. The number of hydrogen-bond acceptors (Lipinski definition) is 5. The van der Waals surface area contributed by atoms with Crippen molar-refractivity contribution in [3.8, 4) is 0 Å². The molecule has 1 aromatic heterocycles. The van der Waals surface area contributed by atoms with Crippen LogP contribution in [-0.4, -0.2) is 47.9 Å². The zero-order valence-corrected chi connectivity index (χ0v) is 14.8. The van der Waals surface area contributed by atoms with E-state index in [0.29, 0.717) is 31.9 Å². The third kappa shape index (κ3) is 3.25. The van der Waals surface area contributed by atoms with E-state index in [0.717, 1.165) is 37.0 Å².